The van der Waals surface area contributed by atoms with Crippen LogP contribution in [0.25, 0.3) is 0 Å². The number of anilines is 1. The van der Waals surface area contributed by atoms with Crippen molar-refractivity contribution in [3.63, 3.8) is 0 Å². The largest absolute Gasteiger partial charge is 0.417 e. The molecule has 1 aliphatic heterocycles. The molecule has 0 aliphatic carbocycles. The average Bonchev–Trinajstić information content (AvgIpc) is 2.53. The molecule has 0 N–H and O–H groups in total. The number of fused-ring (bicyclic) bond motifs is 1. The summed E-state index contributed by atoms with van der Waals surface area (Å²) in [6.45, 7) is 0.757. The minimum absolute atomic E-state index is 0.0256. The summed E-state index contributed by atoms with van der Waals surface area (Å²) in [5, 5.41) is 0.134. The van der Waals surface area contributed by atoms with E-state index in [1.54, 1.807) is 24.3 Å². The molecule has 1 atom stereocenters. The molecule has 1 unspecified atom stereocenters. The Balaban J connectivity index is 2.26. The van der Waals surface area contributed by atoms with Crippen LogP contribution in [0.1, 0.15) is 16.7 Å². The molecule has 7 heteroatoms. The van der Waals surface area contributed by atoms with Gasteiger partial charge in [-0.15, -0.1) is 11.6 Å². The molecule has 0 aromatic heterocycles. The highest BCUT2D eigenvalue weighted by Gasteiger charge is 2.35. The topological polar surface area (TPSA) is 15.6 Å². The van der Waals surface area contributed by atoms with Gasteiger partial charge in [-0.1, -0.05) is 29.8 Å². The van der Waals surface area contributed by atoms with Gasteiger partial charge < -0.3 is 4.90 Å². The van der Waals surface area contributed by atoms with Gasteiger partial charge in [-0.05, 0) is 24.3 Å². The smallest absolute Gasteiger partial charge is 0.372 e. The fraction of sp³-hybridized carbons (Fsp3) is 0.278. The lowest BCUT2D eigenvalue weighted by molar-refractivity contribution is -0.137. The molecular weight excluding hydrogens is 372 g/mol. The van der Waals surface area contributed by atoms with Crippen molar-refractivity contribution in [1.82, 2.24) is 0 Å². The van der Waals surface area contributed by atoms with Crippen LogP contribution in [0.3, 0.4) is 0 Å². The second-order valence-electron chi connectivity index (χ2n) is 5.87. The lowest BCUT2D eigenvalue weighted by Gasteiger charge is -2.28. The van der Waals surface area contributed by atoms with Crippen LogP contribution >= 0.6 is 23.2 Å². The van der Waals surface area contributed by atoms with Crippen molar-refractivity contribution >= 4 is 34.6 Å². The first-order chi connectivity index (χ1) is 11.8. The maximum absolute atomic E-state index is 13.5. The van der Waals surface area contributed by atoms with Crippen LogP contribution in [-0.2, 0) is 6.18 Å². The van der Waals surface area contributed by atoms with Crippen LogP contribution in [-0.4, -0.2) is 31.2 Å². The number of benzene rings is 2. The molecule has 0 saturated carbocycles. The maximum Gasteiger partial charge on any atom is 0.417 e. The quantitative estimate of drug-likeness (QED) is 0.610. The zero-order valence-electron chi connectivity index (χ0n) is 13.3. The Kier molecular flexibility index (Phi) is 4.98. The van der Waals surface area contributed by atoms with Crippen molar-refractivity contribution in [2.24, 2.45) is 4.99 Å². The molecule has 0 saturated heterocycles. The summed E-state index contributed by atoms with van der Waals surface area (Å²) in [6, 6.07) is 10.5. The highest BCUT2D eigenvalue weighted by Crippen LogP contribution is 2.35. The Hall–Kier alpha value is -1.72. The van der Waals surface area contributed by atoms with Gasteiger partial charge in [0.15, 0.2) is 0 Å². The second kappa shape index (κ2) is 6.89. The molecule has 2 aromatic carbocycles. The molecule has 25 heavy (non-hydrogen) atoms. The van der Waals surface area contributed by atoms with Gasteiger partial charge in [0.05, 0.1) is 23.2 Å². The lowest BCUT2D eigenvalue weighted by Crippen LogP contribution is -2.31. The van der Waals surface area contributed by atoms with Crippen LogP contribution in [0.2, 0.25) is 5.02 Å². The first kappa shape index (κ1) is 18.1. The summed E-state index contributed by atoms with van der Waals surface area (Å²) < 4.78 is 40.4. The van der Waals surface area contributed by atoms with E-state index in [1.165, 1.54) is 12.1 Å². The SMILES string of the molecule is CN1CC(Cl)CN=C(c2ccccc2C(F)(F)F)c2cc(Cl)ccc21. The number of hydrogen-bond acceptors (Lipinski definition) is 2. The molecular formula is C18H15Cl2F3N2. The van der Waals surface area contributed by atoms with E-state index < -0.39 is 11.7 Å². The van der Waals surface area contributed by atoms with Crippen molar-refractivity contribution in [1.29, 1.82) is 0 Å². The minimum Gasteiger partial charge on any atom is -0.372 e. The van der Waals surface area contributed by atoms with E-state index in [1.807, 2.05) is 11.9 Å². The van der Waals surface area contributed by atoms with Gasteiger partial charge in [0.25, 0.3) is 0 Å². The molecule has 0 fully saturated rings. The molecule has 1 aliphatic rings. The van der Waals surface area contributed by atoms with E-state index in [2.05, 4.69) is 4.99 Å². The van der Waals surface area contributed by atoms with Crippen LogP contribution < -0.4 is 4.90 Å². The van der Waals surface area contributed by atoms with E-state index in [0.717, 1.165) is 11.8 Å². The summed E-state index contributed by atoms with van der Waals surface area (Å²) in [5.74, 6) is 0. The van der Waals surface area contributed by atoms with E-state index in [4.69, 9.17) is 23.2 Å². The molecule has 1 heterocycles. The van der Waals surface area contributed by atoms with Crippen molar-refractivity contribution < 1.29 is 13.2 Å². The Labute approximate surface area is 153 Å². The Morgan fingerprint density at radius 2 is 1.84 bits per heavy atom. The van der Waals surface area contributed by atoms with Gasteiger partial charge in [-0.2, -0.15) is 13.2 Å². The molecule has 0 amide bonds. The Bertz CT molecular complexity index is 818. The zero-order chi connectivity index (χ0) is 18.2. The molecule has 2 nitrogen and oxygen atoms in total. The van der Waals surface area contributed by atoms with Gasteiger partial charge in [-0.3, -0.25) is 4.99 Å². The highest BCUT2D eigenvalue weighted by molar-refractivity contribution is 6.31. The second-order valence-corrected chi connectivity index (χ2v) is 6.93. The van der Waals surface area contributed by atoms with E-state index in [9.17, 15) is 13.2 Å². The number of aliphatic imine (C=N–C) groups is 1. The molecule has 0 spiro atoms. The fourth-order valence-corrected chi connectivity index (χ4v) is 3.37. The lowest BCUT2D eigenvalue weighted by atomic mass is 9.95. The van der Waals surface area contributed by atoms with E-state index >= 15 is 0 Å². The zero-order valence-corrected chi connectivity index (χ0v) is 14.8. The van der Waals surface area contributed by atoms with Crippen LogP contribution in [0.15, 0.2) is 47.5 Å². The highest BCUT2D eigenvalue weighted by atomic mass is 35.5. The summed E-state index contributed by atoms with van der Waals surface area (Å²) in [4.78, 5) is 6.34. The maximum atomic E-state index is 13.5. The third-order valence-electron chi connectivity index (χ3n) is 4.03. The summed E-state index contributed by atoms with van der Waals surface area (Å²) in [7, 11) is 1.85. The van der Waals surface area contributed by atoms with Crippen molar-refractivity contribution in [3.8, 4) is 0 Å². The summed E-state index contributed by atoms with van der Waals surface area (Å²) >= 11 is 12.4. The molecule has 132 valence electrons. The molecule has 2 aromatic rings. The van der Waals surface area contributed by atoms with Gasteiger partial charge in [-0.25, -0.2) is 0 Å². The van der Waals surface area contributed by atoms with Crippen LogP contribution in [0.5, 0.6) is 0 Å². The van der Waals surface area contributed by atoms with Crippen molar-refractivity contribution in [2.75, 3.05) is 25.0 Å². The minimum atomic E-state index is -4.48. The van der Waals surface area contributed by atoms with Crippen LogP contribution in [0.4, 0.5) is 18.9 Å². The summed E-state index contributed by atoms with van der Waals surface area (Å²) in [5.41, 5.74) is 0.857. The first-order valence-corrected chi connectivity index (χ1v) is 8.45. The number of hydrogen-bond donors (Lipinski definition) is 0. The Morgan fingerprint density at radius 3 is 2.56 bits per heavy atom. The monoisotopic (exact) mass is 386 g/mol. The number of alkyl halides is 4. The Morgan fingerprint density at radius 1 is 1.12 bits per heavy atom. The molecule has 0 radical (unpaired) electrons. The van der Waals surface area contributed by atoms with Gasteiger partial charge >= 0.3 is 6.18 Å². The third-order valence-corrected chi connectivity index (χ3v) is 4.54. The molecule has 3 rings (SSSR count). The first-order valence-electron chi connectivity index (χ1n) is 7.63. The van der Waals surface area contributed by atoms with E-state index in [-0.39, 0.29) is 23.2 Å². The van der Waals surface area contributed by atoms with Gasteiger partial charge in [0, 0.05) is 35.4 Å². The number of halogens is 5. The predicted molar refractivity (Wildman–Crippen MR) is 96.3 cm³/mol. The van der Waals surface area contributed by atoms with E-state index in [0.29, 0.717) is 17.1 Å². The predicted octanol–water partition coefficient (Wildman–Crippen LogP) is 5.25. The van der Waals surface area contributed by atoms with Gasteiger partial charge in [0.2, 0.25) is 0 Å². The normalized spacial score (nSPS) is 18.2. The number of rotatable bonds is 1. The van der Waals surface area contributed by atoms with Crippen molar-refractivity contribution in [3.05, 3.63) is 64.2 Å². The number of nitrogens with zero attached hydrogens (tertiary/aromatic N) is 2. The average molecular weight is 387 g/mol. The summed E-state index contributed by atoms with van der Waals surface area (Å²) in [6.07, 6.45) is -4.48. The third kappa shape index (κ3) is 3.77. The van der Waals surface area contributed by atoms with Gasteiger partial charge in [0.1, 0.15) is 0 Å². The van der Waals surface area contributed by atoms with Crippen LogP contribution in [0, 0.1) is 0 Å². The fourth-order valence-electron chi connectivity index (χ4n) is 2.93. The van der Waals surface area contributed by atoms with Crippen molar-refractivity contribution in [2.45, 2.75) is 11.6 Å². The standard InChI is InChI=1S/C18H15Cl2F3N2/c1-25-10-12(20)9-24-17(14-8-11(19)6-7-16(14)25)13-4-2-3-5-15(13)18(21,22)23/h2-8,12H,9-10H2,1H3. The molecule has 0 bridgehead atoms.